The van der Waals surface area contributed by atoms with Gasteiger partial charge in [-0.25, -0.2) is 4.79 Å². The molecule has 12 heavy (non-hydrogen) atoms. The Morgan fingerprint density at radius 2 is 2.17 bits per heavy atom. The Kier molecular flexibility index (Phi) is 4.63. The summed E-state index contributed by atoms with van der Waals surface area (Å²) in [5, 5.41) is 9.94. The molecule has 4 heteroatoms. The van der Waals surface area contributed by atoms with E-state index in [1.807, 2.05) is 13.8 Å². The molecule has 0 aromatic carbocycles. The van der Waals surface area contributed by atoms with E-state index < -0.39 is 11.6 Å². The van der Waals surface area contributed by atoms with Gasteiger partial charge in [0, 0.05) is 5.75 Å². The van der Waals surface area contributed by atoms with E-state index in [2.05, 4.69) is 4.74 Å². The Morgan fingerprint density at radius 3 is 2.50 bits per heavy atom. The SMILES string of the molecule is COC(=O)C(C)(O)CSC(C)C. The summed E-state index contributed by atoms with van der Waals surface area (Å²) in [5.41, 5.74) is -1.36. The van der Waals surface area contributed by atoms with Crippen molar-refractivity contribution in [3.8, 4) is 0 Å². The zero-order valence-electron chi connectivity index (χ0n) is 7.96. The van der Waals surface area contributed by atoms with Gasteiger partial charge < -0.3 is 9.84 Å². The van der Waals surface area contributed by atoms with Crippen LogP contribution in [-0.2, 0) is 9.53 Å². The van der Waals surface area contributed by atoms with E-state index in [9.17, 15) is 9.90 Å². The number of carbonyl (C=O) groups excluding carboxylic acids is 1. The number of hydrogen-bond donors (Lipinski definition) is 1. The van der Waals surface area contributed by atoms with Crippen LogP contribution in [0.15, 0.2) is 0 Å². The molecule has 0 radical (unpaired) electrons. The van der Waals surface area contributed by atoms with Gasteiger partial charge in [0.25, 0.3) is 0 Å². The van der Waals surface area contributed by atoms with Crippen LogP contribution >= 0.6 is 11.8 Å². The summed E-state index contributed by atoms with van der Waals surface area (Å²) in [6.45, 7) is 5.49. The average Bonchev–Trinajstić information content (AvgIpc) is 1.99. The lowest BCUT2D eigenvalue weighted by Crippen LogP contribution is -2.39. The molecule has 72 valence electrons. The van der Waals surface area contributed by atoms with E-state index in [-0.39, 0.29) is 0 Å². The predicted octanol–water partition coefficient (Wildman–Crippen LogP) is 1.05. The summed E-state index contributed by atoms with van der Waals surface area (Å²) >= 11 is 1.53. The third kappa shape index (κ3) is 3.97. The Labute approximate surface area is 77.5 Å². The predicted molar refractivity (Wildman–Crippen MR) is 50.2 cm³/mol. The van der Waals surface area contributed by atoms with Gasteiger partial charge in [-0.1, -0.05) is 13.8 Å². The van der Waals surface area contributed by atoms with Crippen molar-refractivity contribution in [1.29, 1.82) is 0 Å². The van der Waals surface area contributed by atoms with E-state index in [4.69, 9.17) is 0 Å². The molecule has 0 bridgehead atoms. The van der Waals surface area contributed by atoms with Gasteiger partial charge in [-0.2, -0.15) is 11.8 Å². The molecule has 0 fully saturated rings. The Balaban J connectivity index is 3.95. The highest BCUT2D eigenvalue weighted by Gasteiger charge is 2.31. The summed E-state index contributed by atoms with van der Waals surface area (Å²) in [4.78, 5) is 11.0. The molecule has 0 heterocycles. The molecule has 0 amide bonds. The maximum Gasteiger partial charge on any atom is 0.338 e. The van der Waals surface area contributed by atoms with Crippen molar-refractivity contribution in [2.24, 2.45) is 0 Å². The molecule has 0 aromatic rings. The zero-order valence-corrected chi connectivity index (χ0v) is 8.77. The summed E-state index contributed by atoms with van der Waals surface area (Å²) < 4.78 is 4.45. The van der Waals surface area contributed by atoms with Crippen LogP contribution in [0.3, 0.4) is 0 Å². The smallest absolute Gasteiger partial charge is 0.338 e. The molecular weight excluding hydrogens is 176 g/mol. The quantitative estimate of drug-likeness (QED) is 0.676. The second-order valence-corrected chi connectivity index (χ2v) is 4.69. The van der Waals surface area contributed by atoms with Crippen LogP contribution in [0.25, 0.3) is 0 Å². The highest BCUT2D eigenvalue weighted by molar-refractivity contribution is 7.99. The number of thioether (sulfide) groups is 1. The van der Waals surface area contributed by atoms with Crippen molar-refractivity contribution in [2.45, 2.75) is 31.6 Å². The average molecular weight is 192 g/mol. The van der Waals surface area contributed by atoms with Gasteiger partial charge in [-0.05, 0) is 12.2 Å². The zero-order chi connectivity index (χ0) is 9.78. The molecule has 0 aliphatic rings. The minimum absolute atomic E-state index is 0.372. The first kappa shape index (κ1) is 11.8. The highest BCUT2D eigenvalue weighted by atomic mass is 32.2. The molecular formula is C8H16O3S. The first-order chi connectivity index (χ1) is 5.40. The summed E-state index contributed by atoms with van der Waals surface area (Å²) in [7, 11) is 1.27. The van der Waals surface area contributed by atoms with Gasteiger partial charge >= 0.3 is 5.97 Å². The Morgan fingerprint density at radius 1 is 1.67 bits per heavy atom. The van der Waals surface area contributed by atoms with Crippen LogP contribution in [0.4, 0.5) is 0 Å². The molecule has 0 saturated carbocycles. The van der Waals surface area contributed by atoms with Crippen molar-refractivity contribution in [2.75, 3.05) is 12.9 Å². The van der Waals surface area contributed by atoms with Crippen molar-refractivity contribution in [3.63, 3.8) is 0 Å². The van der Waals surface area contributed by atoms with Gasteiger partial charge in [0.1, 0.15) is 0 Å². The normalized spacial score (nSPS) is 15.8. The number of methoxy groups -OCH3 is 1. The van der Waals surface area contributed by atoms with E-state index in [1.54, 1.807) is 0 Å². The number of esters is 1. The molecule has 0 aromatic heterocycles. The summed E-state index contributed by atoms with van der Waals surface area (Å²) in [6, 6.07) is 0. The number of rotatable bonds is 4. The second kappa shape index (κ2) is 4.72. The van der Waals surface area contributed by atoms with Gasteiger partial charge in [0.05, 0.1) is 7.11 Å². The van der Waals surface area contributed by atoms with Crippen LogP contribution in [0.2, 0.25) is 0 Å². The van der Waals surface area contributed by atoms with E-state index in [1.165, 1.54) is 25.8 Å². The van der Waals surface area contributed by atoms with E-state index in [0.717, 1.165) is 0 Å². The molecule has 0 saturated heterocycles. The molecule has 0 spiro atoms. The molecule has 0 aliphatic heterocycles. The molecule has 3 nitrogen and oxygen atoms in total. The standard InChI is InChI=1S/C8H16O3S/c1-6(2)12-5-8(3,10)7(9)11-4/h6,10H,5H2,1-4H3. The lowest BCUT2D eigenvalue weighted by molar-refractivity contribution is -0.158. The molecule has 1 unspecified atom stereocenters. The van der Waals surface area contributed by atoms with Crippen LogP contribution in [0.1, 0.15) is 20.8 Å². The van der Waals surface area contributed by atoms with Crippen molar-refractivity contribution in [3.05, 3.63) is 0 Å². The van der Waals surface area contributed by atoms with Crippen LogP contribution in [0, 0.1) is 0 Å². The summed E-state index contributed by atoms with van der Waals surface area (Å²) in [5.74, 6) is -0.201. The lowest BCUT2D eigenvalue weighted by atomic mass is 10.1. The third-order valence-electron chi connectivity index (χ3n) is 1.32. The molecule has 1 N–H and O–H groups in total. The van der Waals surface area contributed by atoms with Crippen molar-refractivity contribution < 1.29 is 14.6 Å². The third-order valence-corrected chi connectivity index (χ3v) is 2.72. The fourth-order valence-corrected chi connectivity index (χ4v) is 1.38. The fraction of sp³-hybridized carbons (Fsp3) is 0.875. The van der Waals surface area contributed by atoms with Crippen LogP contribution in [0.5, 0.6) is 0 Å². The van der Waals surface area contributed by atoms with Gasteiger partial charge in [-0.3, -0.25) is 0 Å². The summed E-state index contributed by atoms with van der Waals surface area (Å²) in [6.07, 6.45) is 0. The molecule has 1 atom stereocenters. The monoisotopic (exact) mass is 192 g/mol. The van der Waals surface area contributed by atoms with Gasteiger partial charge in [0.15, 0.2) is 5.60 Å². The second-order valence-electron chi connectivity index (χ2n) is 3.13. The number of hydrogen-bond acceptors (Lipinski definition) is 4. The van der Waals surface area contributed by atoms with Crippen molar-refractivity contribution in [1.82, 2.24) is 0 Å². The van der Waals surface area contributed by atoms with Crippen LogP contribution < -0.4 is 0 Å². The van der Waals surface area contributed by atoms with Crippen LogP contribution in [-0.4, -0.2) is 34.8 Å². The number of aliphatic hydroxyl groups is 1. The van der Waals surface area contributed by atoms with Gasteiger partial charge in [-0.15, -0.1) is 0 Å². The minimum Gasteiger partial charge on any atom is -0.467 e. The molecule has 0 aliphatic carbocycles. The highest BCUT2D eigenvalue weighted by Crippen LogP contribution is 2.18. The maximum absolute atomic E-state index is 11.0. The number of ether oxygens (including phenoxy) is 1. The first-order valence-corrected chi connectivity index (χ1v) is 4.87. The minimum atomic E-state index is -1.36. The molecule has 0 rings (SSSR count). The van der Waals surface area contributed by atoms with Crippen molar-refractivity contribution >= 4 is 17.7 Å². The van der Waals surface area contributed by atoms with E-state index >= 15 is 0 Å². The fourth-order valence-electron chi connectivity index (χ4n) is 0.608. The largest absolute Gasteiger partial charge is 0.467 e. The Bertz CT molecular complexity index is 154. The maximum atomic E-state index is 11.0. The first-order valence-electron chi connectivity index (χ1n) is 3.82. The van der Waals surface area contributed by atoms with E-state index in [0.29, 0.717) is 11.0 Å². The lowest BCUT2D eigenvalue weighted by Gasteiger charge is -2.20. The number of carbonyl (C=O) groups is 1. The topological polar surface area (TPSA) is 46.5 Å². The van der Waals surface area contributed by atoms with Gasteiger partial charge in [0.2, 0.25) is 0 Å². The Hall–Kier alpha value is -0.220.